The van der Waals surface area contributed by atoms with Crippen LogP contribution in [0.25, 0.3) is 22.5 Å². The lowest BCUT2D eigenvalue weighted by Crippen LogP contribution is -2.14. The van der Waals surface area contributed by atoms with Crippen LogP contribution < -0.4 is 10.1 Å². The number of amides is 1. The SMILES string of the molecule is COc1ccc(-c2cc(-c3ccc(O)cc3)nc(/N=C3\C(=O)Nc4ccc(Cl)cc43)n2)cc1. The van der Waals surface area contributed by atoms with E-state index in [1.165, 1.54) is 0 Å². The second kappa shape index (κ2) is 8.37. The van der Waals surface area contributed by atoms with Gasteiger partial charge >= 0.3 is 0 Å². The fourth-order valence-electron chi connectivity index (χ4n) is 3.51. The summed E-state index contributed by atoms with van der Waals surface area (Å²) < 4.78 is 5.24. The lowest BCUT2D eigenvalue weighted by Gasteiger charge is -2.08. The van der Waals surface area contributed by atoms with Gasteiger partial charge in [0.25, 0.3) is 11.9 Å². The summed E-state index contributed by atoms with van der Waals surface area (Å²) in [6.45, 7) is 0. The predicted molar refractivity (Wildman–Crippen MR) is 127 cm³/mol. The Bertz CT molecular complexity index is 1400. The normalized spacial score (nSPS) is 13.6. The summed E-state index contributed by atoms with van der Waals surface area (Å²) in [6, 6.07) is 21.1. The topological polar surface area (TPSA) is 96.7 Å². The number of aliphatic imine (C=N–C) groups is 1. The third-order valence-corrected chi connectivity index (χ3v) is 5.41. The molecule has 2 heterocycles. The van der Waals surface area contributed by atoms with Gasteiger partial charge in [-0.2, -0.15) is 0 Å². The molecular formula is C25H17ClN4O3. The number of phenolic OH excluding ortho intramolecular Hbond substituents is 1. The van der Waals surface area contributed by atoms with E-state index < -0.39 is 0 Å². The molecule has 0 atom stereocenters. The number of aromatic hydroxyl groups is 1. The van der Waals surface area contributed by atoms with Crippen LogP contribution in [0.3, 0.4) is 0 Å². The van der Waals surface area contributed by atoms with E-state index in [0.717, 1.165) is 16.9 Å². The van der Waals surface area contributed by atoms with E-state index in [0.29, 0.717) is 27.7 Å². The molecule has 0 fully saturated rings. The molecule has 8 heteroatoms. The van der Waals surface area contributed by atoms with Crippen molar-refractivity contribution >= 4 is 34.9 Å². The average Bonchev–Trinajstić information content (AvgIpc) is 3.13. The summed E-state index contributed by atoms with van der Waals surface area (Å²) in [5.41, 5.74) is 4.24. The van der Waals surface area contributed by atoms with E-state index in [-0.39, 0.29) is 23.3 Å². The number of fused-ring (bicyclic) bond motifs is 1. The van der Waals surface area contributed by atoms with E-state index in [9.17, 15) is 9.90 Å². The number of ether oxygens (including phenoxy) is 1. The molecule has 7 nitrogen and oxygen atoms in total. The van der Waals surface area contributed by atoms with Crippen molar-refractivity contribution in [2.45, 2.75) is 0 Å². The molecule has 0 saturated heterocycles. The molecule has 1 aliphatic heterocycles. The van der Waals surface area contributed by atoms with Gasteiger partial charge in [0.1, 0.15) is 17.2 Å². The molecule has 0 unspecified atom stereocenters. The van der Waals surface area contributed by atoms with Gasteiger partial charge in [-0.05, 0) is 72.8 Å². The third-order valence-electron chi connectivity index (χ3n) is 5.18. The molecule has 2 N–H and O–H groups in total. The van der Waals surface area contributed by atoms with Crippen LogP contribution >= 0.6 is 11.6 Å². The zero-order valence-electron chi connectivity index (χ0n) is 17.4. The summed E-state index contributed by atoms with van der Waals surface area (Å²) in [7, 11) is 1.60. The average molecular weight is 457 g/mol. The van der Waals surface area contributed by atoms with Crippen molar-refractivity contribution in [3.63, 3.8) is 0 Å². The molecule has 1 aliphatic rings. The fraction of sp³-hybridized carbons (Fsp3) is 0.0400. The molecule has 0 aliphatic carbocycles. The maximum Gasteiger partial charge on any atom is 0.275 e. The van der Waals surface area contributed by atoms with Crippen LogP contribution in [0, 0.1) is 0 Å². The lowest BCUT2D eigenvalue weighted by molar-refractivity contribution is -0.110. The van der Waals surface area contributed by atoms with Crippen molar-refractivity contribution < 1.29 is 14.6 Å². The van der Waals surface area contributed by atoms with Gasteiger partial charge in [-0.25, -0.2) is 15.0 Å². The van der Waals surface area contributed by atoms with Gasteiger partial charge < -0.3 is 15.2 Å². The summed E-state index contributed by atoms with van der Waals surface area (Å²) in [5.74, 6) is 0.657. The van der Waals surface area contributed by atoms with Crippen LogP contribution in [0.4, 0.5) is 11.6 Å². The molecule has 162 valence electrons. The highest BCUT2D eigenvalue weighted by Gasteiger charge is 2.26. The largest absolute Gasteiger partial charge is 0.508 e. The van der Waals surface area contributed by atoms with Crippen molar-refractivity contribution in [1.82, 2.24) is 9.97 Å². The minimum absolute atomic E-state index is 0.129. The monoisotopic (exact) mass is 456 g/mol. The molecular weight excluding hydrogens is 440 g/mol. The number of benzene rings is 3. The van der Waals surface area contributed by atoms with E-state index in [1.54, 1.807) is 49.6 Å². The van der Waals surface area contributed by atoms with E-state index in [2.05, 4.69) is 20.3 Å². The molecule has 5 rings (SSSR count). The van der Waals surface area contributed by atoms with Crippen molar-refractivity contribution in [1.29, 1.82) is 0 Å². The number of methoxy groups -OCH3 is 1. The molecule has 1 amide bonds. The van der Waals surface area contributed by atoms with Crippen molar-refractivity contribution in [3.8, 4) is 34.0 Å². The van der Waals surface area contributed by atoms with E-state index in [1.807, 2.05) is 30.3 Å². The highest BCUT2D eigenvalue weighted by atomic mass is 35.5. The predicted octanol–water partition coefficient (Wildman–Crippen LogP) is 5.25. The van der Waals surface area contributed by atoms with Gasteiger partial charge in [0.15, 0.2) is 0 Å². The number of carbonyl (C=O) groups is 1. The first kappa shape index (κ1) is 20.7. The van der Waals surface area contributed by atoms with Gasteiger partial charge in [-0.15, -0.1) is 0 Å². The Morgan fingerprint density at radius 1 is 0.909 bits per heavy atom. The second-order valence-corrected chi connectivity index (χ2v) is 7.75. The third kappa shape index (κ3) is 4.14. The van der Waals surface area contributed by atoms with Crippen LogP contribution in [0.5, 0.6) is 11.5 Å². The quantitative estimate of drug-likeness (QED) is 0.437. The highest BCUT2D eigenvalue weighted by molar-refractivity contribution is 6.54. The molecule has 0 radical (unpaired) electrons. The number of aromatic nitrogens is 2. The van der Waals surface area contributed by atoms with Crippen LogP contribution in [-0.4, -0.2) is 33.8 Å². The minimum Gasteiger partial charge on any atom is -0.508 e. The van der Waals surface area contributed by atoms with Gasteiger partial charge in [0, 0.05) is 21.7 Å². The minimum atomic E-state index is -0.350. The number of nitrogens with one attached hydrogen (secondary N) is 1. The first-order chi connectivity index (χ1) is 16.0. The Kier molecular flexibility index (Phi) is 5.24. The molecule has 33 heavy (non-hydrogen) atoms. The molecule has 4 aromatic rings. The number of hydrogen-bond acceptors (Lipinski definition) is 6. The molecule has 0 bridgehead atoms. The van der Waals surface area contributed by atoms with Crippen LogP contribution in [0.15, 0.2) is 77.8 Å². The van der Waals surface area contributed by atoms with Crippen LogP contribution in [-0.2, 0) is 4.79 Å². The van der Waals surface area contributed by atoms with Crippen molar-refractivity contribution in [3.05, 3.63) is 83.4 Å². The standard InChI is InChI=1S/C25H17ClN4O3/c1-33-18-9-4-15(5-10-18)22-13-21(14-2-7-17(31)8-3-14)28-25(29-22)30-23-19-12-16(26)6-11-20(19)27-24(23)32/h2-13,31H,1H3,(H,27,28,29,30,32). The Hall–Kier alpha value is -4.23. The zero-order chi connectivity index (χ0) is 22.9. The van der Waals surface area contributed by atoms with Crippen LogP contribution in [0.1, 0.15) is 5.56 Å². The van der Waals surface area contributed by atoms with E-state index >= 15 is 0 Å². The summed E-state index contributed by atoms with van der Waals surface area (Å²) >= 11 is 6.13. The van der Waals surface area contributed by atoms with Gasteiger partial charge in [-0.3, -0.25) is 4.79 Å². The highest BCUT2D eigenvalue weighted by Crippen LogP contribution is 2.31. The van der Waals surface area contributed by atoms with Crippen LogP contribution in [0.2, 0.25) is 5.02 Å². The Balaban J connectivity index is 1.66. The van der Waals surface area contributed by atoms with Gasteiger partial charge in [0.05, 0.1) is 24.2 Å². The summed E-state index contributed by atoms with van der Waals surface area (Å²) in [4.78, 5) is 26.2. The smallest absolute Gasteiger partial charge is 0.275 e. The Labute approximate surface area is 194 Å². The van der Waals surface area contributed by atoms with Crippen molar-refractivity contribution in [2.75, 3.05) is 12.4 Å². The number of carbonyl (C=O) groups excluding carboxylic acids is 1. The number of rotatable bonds is 4. The zero-order valence-corrected chi connectivity index (χ0v) is 18.2. The Morgan fingerprint density at radius 3 is 2.18 bits per heavy atom. The number of halogens is 1. The van der Waals surface area contributed by atoms with Crippen molar-refractivity contribution in [2.24, 2.45) is 4.99 Å². The first-order valence-electron chi connectivity index (χ1n) is 10.0. The van der Waals surface area contributed by atoms with E-state index in [4.69, 9.17) is 16.3 Å². The first-order valence-corrected chi connectivity index (χ1v) is 10.4. The molecule has 0 spiro atoms. The lowest BCUT2D eigenvalue weighted by atomic mass is 10.1. The number of nitrogens with zero attached hydrogens (tertiary/aromatic N) is 3. The number of hydrogen-bond donors (Lipinski definition) is 2. The fourth-order valence-corrected chi connectivity index (χ4v) is 3.68. The summed E-state index contributed by atoms with van der Waals surface area (Å²) in [5, 5.41) is 12.9. The molecule has 3 aromatic carbocycles. The maximum absolute atomic E-state index is 12.6. The Morgan fingerprint density at radius 2 is 1.55 bits per heavy atom. The summed E-state index contributed by atoms with van der Waals surface area (Å²) in [6.07, 6.45) is 0. The number of phenols is 1. The second-order valence-electron chi connectivity index (χ2n) is 7.32. The van der Waals surface area contributed by atoms with Gasteiger partial charge in [-0.1, -0.05) is 11.6 Å². The molecule has 1 aromatic heterocycles. The maximum atomic E-state index is 12.6. The molecule has 0 saturated carbocycles. The number of anilines is 1. The van der Waals surface area contributed by atoms with Gasteiger partial charge in [0.2, 0.25) is 0 Å².